The fourth-order valence-electron chi connectivity index (χ4n) is 1.92. The summed E-state index contributed by atoms with van der Waals surface area (Å²) in [6.45, 7) is 6.92. The van der Waals surface area contributed by atoms with Gasteiger partial charge in [0.25, 0.3) is 0 Å². The highest BCUT2D eigenvalue weighted by atomic mass is 15.3. The van der Waals surface area contributed by atoms with Crippen LogP contribution in [0.4, 0.5) is 17.2 Å². The first-order chi connectivity index (χ1) is 8.65. The normalized spacial score (nSPS) is 10.6. The number of nitrogens with two attached hydrogens (primary N) is 1. The number of nitrogens with one attached hydrogen (secondary N) is 1. The number of benzene rings is 1. The summed E-state index contributed by atoms with van der Waals surface area (Å²) in [6, 6.07) is 8.39. The molecule has 0 fully saturated rings. The SMILES string of the molecule is CCc1ccc(Nc2c(N)c(C)nn2CC)cc1. The summed E-state index contributed by atoms with van der Waals surface area (Å²) in [5.41, 5.74) is 9.98. The Bertz CT molecular complexity index is 525. The molecule has 4 heteroatoms. The molecule has 0 aliphatic rings. The van der Waals surface area contributed by atoms with Crippen LogP contribution in [0.2, 0.25) is 0 Å². The maximum absolute atomic E-state index is 6.04. The Morgan fingerprint density at radius 1 is 1.22 bits per heavy atom. The first kappa shape index (κ1) is 12.5. The Labute approximate surface area is 108 Å². The molecule has 0 unspecified atom stereocenters. The lowest BCUT2D eigenvalue weighted by molar-refractivity contribution is 0.661. The standard InChI is InChI=1S/C14H20N4/c1-4-11-6-8-12(9-7-11)16-14-13(15)10(3)17-18(14)5-2/h6-9,16H,4-5,15H2,1-3H3. The first-order valence-electron chi connectivity index (χ1n) is 6.34. The minimum Gasteiger partial charge on any atom is -0.394 e. The van der Waals surface area contributed by atoms with Crippen LogP contribution in [0.15, 0.2) is 24.3 Å². The summed E-state index contributed by atoms with van der Waals surface area (Å²) in [4.78, 5) is 0. The van der Waals surface area contributed by atoms with Gasteiger partial charge in [0.15, 0.2) is 5.82 Å². The van der Waals surface area contributed by atoms with Gasteiger partial charge in [-0.25, -0.2) is 4.68 Å². The van der Waals surface area contributed by atoms with Gasteiger partial charge >= 0.3 is 0 Å². The van der Waals surface area contributed by atoms with Crippen LogP contribution >= 0.6 is 0 Å². The number of anilines is 3. The minimum absolute atomic E-state index is 0.719. The molecule has 96 valence electrons. The van der Waals surface area contributed by atoms with Crippen LogP contribution in [-0.4, -0.2) is 9.78 Å². The molecule has 3 N–H and O–H groups in total. The number of nitrogen functional groups attached to an aromatic ring is 1. The second-order valence-electron chi connectivity index (χ2n) is 4.34. The molecule has 0 bridgehead atoms. The molecule has 0 spiro atoms. The predicted octanol–water partition coefficient (Wildman–Crippen LogP) is 3.10. The molecule has 2 aromatic rings. The van der Waals surface area contributed by atoms with Crippen molar-refractivity contribution >= 4 is 17.2 Å². The Morgan fingerprint density at radius 3 is 2.44 bits per heavy atom. The smallest absolute Gasteiger partial charge is 0.152 e. The van der Waals surface area contributed by atoms with Crippen molar-refractivity contribution < 1.29 is 0 Å². The van der Waals surface area contributed by atoms with Gasteiger partial charge in [0, 0.05) is 12.2 Å². The van der Waals surface area contributed by atoms with E-state index in [0.717, 1.165) is 35.9 Å². The predicted molar refractivity (Wildman–Crippen MR) is 76.2 cm³/mol. The largest absolute Gasteiger partial charge is 0.394 e. The van der Waals surface area contributed by atoms with Crippen LogP contribution in [0.3, 0.4) is 0 Å². The van der Waals surface area contributed by atoms with Crippen molar-refractivity contribution in [3.05, 3.63) is 35.5 Å². The van der Waals surface area contributed by atoms with Crippen molar-refractivity contribution in [2.45, 2.75) is 33.7 Å². The van der Waals surface area contributed by atoms with E-state index in [4.69, 9.17) is 5.73 Å². The lowest BCUT2D eigenvalue weighted by atomic mass is 10.1. The third-order valence-corrected chi connectivity index (χ3v) is 3.10. The van der Waals surface area contributed by atoms with Gasteiger partial charge < -0.3 is 11.1 Å². The summed E-state index contributed by atoms with van der Waals surface area (Å²) in [7, 11) is 0. The molecule has 0 saturated carbocycles. The lowest BCUT2D eigenvalue weighted by Crippen LogP contribution is -2.04. The van der Waals surface area contributed by atoms with E-state index in [1.54, 1.807) is 0 Å². The molecule has 1 heterocycles. The summed E-state index contributed by atoms with van der Waals surface area (Å²) in [5, 5.41) is 7.73. The number of rotatable bonds is 4. The summed E-state index contributed by atoms with van der Waals surface area (Å²) < 4.78 is 1.89. The van der Waals surface area contributed by atoms with Crippen LogP contribution in [0, 0.1) is 6.92 Å². The third-order valence-electron chi connectivity index (χ3n) is 3.10. The average Bonchev–Trinajstić information content (AvgIpc) is 2.67. The number of aromatic nitrogens is 2. The fraction of sp³-hybridized carbons (Fsp3) is 0.357. The summed E-state index contributed by atoms with van der Waals surface area (Å²) in [5.74, 6) is 0.874. The molecule has 18 heavy (non-hydrogen) atoms. The third kappa shape index (κ3) is 2.32. The van der Waals surface area contributed by atoms with Crippen LogP contribution in [-0.2, 0) is 13.0 Å². The maximum Gasteiger partial charge on any atom is 0.152 e. The number of hydrogen-bond acceptors (Lipinski definition) is 3. The average molecular weight is 244 g/mol. The van der Waals surface area contributed by atoms with Gasteiger partial charge in [0.1, 0.15) is 0 Å². The Hall–Kier alpha value is -1.97. The van der Waals surface area contributed by atoms with Crippen molar-refractivity contribution in [1.29, 1.82) is 0 Å². The van der Waals surface area contributed by atoms with Crippen molar-refractivity contribution in [3.63, 3.8) is 0 Å². The van der Waals surface area contributed by atoms with Gasteiger partial charge in [-0.2, -0.15) is 5.10 Å². The quantitative estimate of drug-likeness (QED) is 0.869. The monoisotopic (exact) mass is 244 g/mol. The number of aryl methyl sites for hydroxylation is 3. The minimum atomic E-state index is 0.719. The van der Waals surface area contributed by atoms with Crippen LogP contribution in [0.1, 0.15) is 25.1 Å². The van der Waals surface area contributed by atoms with Crippen molar-refractivity contribution in [3.8, 4) is 0 Å². The zero-order valence-corrected chi connectivity index (χ0v) is 11.2. The second kappa shape index (κ2) is 5.12. The van der Waals surface area contributed by atoms with Crippen molar-refractivity contribution in [2.75, 3.05) is 11.1 Å². The van der Waals surface area contributed by atoms with E-state index in [1.165, 1.54) is 5.56 Å². The molecule has 0 aliphatic carbocycles. The molecule has 0 saturated heterocycles. The zero-order chi connectivity index (χ0) is 13.1. The Balaban J connectivity index is 2.27. The van der Waals surface area contributed by atoms with Gasteiger partial charge in [-0.3, -0.25) is 0 Å². The maximum atomic E-state index is 6.04. The Morgan fingerprint density at radius 2 is 1.89 bits per heavy atom. The van der Waals surface area contributed by atoms with Gasteiger partial charge in [0.2, 0.25) is 0 Å². The lowest BCUT2D eigenvalue weighted by Gasteiger charge is -2.09. The van der Waals surface area contributed by atoms with E-state index in [2.05, 4.69) is 48.5 Å². The van der Waals surface area contributed by atoms with E-state index in [9.17, 15) is 0 Å². The van der Waals surface area contributed by atoms with E-state index < -0.39 is 0 Å². The highest BCUT2D eigenvalue weighted by Crippen LogP contribution is 2.26. The summed E-state index contributed by atoms with van der Waals surface area (Å²) in [6.07, 6.45) is 1.05. The van der Waals surface area contributed by atoms with E-state index in [1.807, 2.05) is 11.6 Å². The topological polar surface area (TPSA) is 55.9 Å². The van der Waals surface area contributed by atoms with Gasteiger partial charge in [-0.15, -0.1) is 0 Å². The highest BCUT2D eigenvalue weighted by Gasteiger charge is 2.11. The van der Waals surface area contributed by atoms with E-state index in [0.29, 0.717) is 0 Å². The molecule has 4 nitrogen and oxygen atoms in total. The van der Waals surface area contributed by atoms with Gasteiger partial charge in [0.05, 0.1) is 11.4 Å². The zero-order valence-electron chi connectivity index (χ0n) is 11.2. The number of nitrogens with zero attached hydrogens (tertiary/aromatic N) is 2. The highest BCUT2D eigenvalue weighted by molar-refractivity contribution is 5.71. The molecule has 0 radical (unpaired) electrons. The van der Waals surface area contributed by atoms with Crippen LogP contribution in [0.25, 0.3) is 0 Å². The fourth-order valence-corrected chi connectivity index (χ4v) is 1.92. The molecule has 0 atom stereocenters. The molecule has 1 aromatic carbocycles. The van der Waals surface area contributed by atoms with E-state index in [-0.39, 0.29) is 0 Å². The van der Waals surface area contributed by atoms with Crippen molar-refractivity contribution in [2.24, 2.45) is 0 Å². The molecular formula is C14H20N4. The molecule has 0 aliphatic heterocycles. The Kier molecular flexibility index (Phi) is 3.55. The molecular weight excluding hydrogens is 224 g/mol. The van der Waals surface area contributed by atoms with Crippen molar-refractivity contribution in [1.82, 2.24) is 9.78 Å². The van der Waals surface area contributed by atoms with Gasteiger partial charge in [-0.05, 0) is 38.0 Å². The molecule has 2 rings (SSSR count). The molecule has 1 aromatic heterocycles. The van der Waals surface area contributed by atoms with Crippen LogP contribution < -0.4 is 11.1 Å². The van der Waals surface area contributed by atoms with E-state index >= 15 is 0 Å². The van der Waals surface area contributed by atoms with Crippen LogP contribution in [0.5, 0.6) is 0 Å². The molecule has 0 amide bonds. The number of hydrogen-bond donors (Lipinski definition) is 2. The van der Waals surface area contributed by atoms with Gasteiger partial charge in [-0.1, -0.05) is 19.1 Å². The summed E-state index contributed by atoms with van der Waals surface area (Å²) >= 11 is 0. The second-order valence-corrected chi connectivity index (χ2v) is 4.34. The first-order valence-corrected chi connectivity index (χ1v) is 6.34.